The molecule has 1 aromatic rings. The van der Waals surface area contributed by atoms with Crippen molar-refractivity contribution in [2.45, 2.75) is 31.1 Å². The summed E-state index contributed by atoms with van der Waals surface area (Å²) < 4.78 is 0. The summed E-state index contributed by atoms with van der Waals surface area (Å²) in [6.07, 6.45) is 4.78. The van der Waals surface area contributed by atoms with Gasteiger partial charge in [0.05, 0.1) is 0 Å². The van der Waals surface area contributed by atoms with Crippen molar-refractivity contribution in [2.24, 2.45) is 0 Å². The highest BCUT2D eigenvalue weighted by Crippen LogP contribution is 2.16. The number of thioether (sulfide) groups is 1. The van der Waals surface area contributed by atoms with Gasteiger partial charge in [-0.05, 0) is 24.8 Å². The van der Waals surface area contributed by atoms with Gasteiger partial charge in [-0.2, -0.15) is 0 Å². The van der Waals surface area contributed by atoms with Crippen LogP contribution in [0.25, 0.3) is 0 Å². The molecule has 0 unspecified atom stereocenters. The molecule has 0 atom stereocenters. The number of ketones is 1. The fraction of sp³-hybridized carbons (Fsp3) is 0.417. The number of unbranched alkanes of at least 4 members (excludes halogenated alkanes) is 1. The molecule has 76 valence electrons. The molecule has 0 aliphatic carbocycles. The minimum absolute atomic E-state index is 0.263. The van der Waals surface area contributed by atoms with Crippen LogP contribution in [0.3, 0.4) is 0 Å². The van der Waals surface area contributed by atoms with Crippen LogP contribution < -0.4 is 0 Å². The van der Waals surface area contributed by atoms with Gasteiger partial charge in [-0.15, -0.1) is 11.8 Å². The predicted octanol–water partition coefficient (Wildman–Crippen LogP) is 3.78. The van der Waals surface area contributed by atoms with E-state index in [0.717, 1.165) is 18.4 Å². The third kappa shape index (κ3) is 3.18. The van der Waals surface area contributed by atoms with Crippen LogP contribution in [0.15, 0.2) is 29.2 Å². The second-order valence-corrected chi connectivity index (χ2v) is 4.13. The van der Waals surface area contributed by atoms with Crippen molar-refractivity contribution in [3.05, 3.63) is 29.8 Å². The second kappa shape index (κ2) is 5.86. The molecule has 0 saturated heterocycles. The number of hydrogen-bond acceptors (Lipinski definition) is 2. The Bertz CT molecular complexity index is 290. The minimum Gasteiger partial charge on any atom is -0.294 e. The Kier molecular flexibility index (Phi) is 4.74. The fourth-order valence-corrected chi connectivity index (χ4v) is 1.67. The van der Waals surface area contributed by atoms with E-state index in [1.807, 2.05) is 30.5 Å². The lowest BCUT2D eigenvalue weighted by molar-refractivity contribution is 0.0979. The largest absolute Gasteiger partial charge is 0.294 e. The van der Waals surface area contributed by atoms with Crippen molar-refractivity contribution in [2.75, 3.05) is 6.26 Å². The van der Waals surface area contributed by atoms with Crippen LogP contribution in [0.5, 0.6) is 0 Å². The van der Waals surface area contributed by atoms with E-state index in [9.17, 15) is 4.79 Å². The maximum atomic E-state index is 11.6. The quantitative estimate of drug-likeness (QED) is 0.541. The zero-order chi connectivity index (χ0) is 10.4. The van der Waals surface area contributed by atoms with E-state index in [1.54, 1.807) is 11.8 Å². The first-order valence-electron chi connectivity index (χ1n) is 4.95. The molecule has 0 radical (unpaired) electrons. The third-order valence-electron chi connectivity index (χ3n) is 2.17. The smallest absolute Gasteiger partial charge is 0.162 e. The molecule has 0 aliphatic rings. The number of Topliss-reactive ketones (excluding diaryl/α,β-unsaturated/α-hetero) is 1. The molecule has 0 fully saturated rings. The molecule has 14 heavy (non-hydrogen) atoms. The molecule has 1 rings (SSSR count). The van der Waals surface area contributed by atoms with Crippen LogP contribution in [0, 0.1) is 0 Å². The molecule has 0 saturated carbocycles. The fourth-order valence-electron chi connectivity index (χ4n) is 1.26. The van der Waals surface area contributed by atoms with Gasteiger partial charge in [-0.25, -0.2) is 0 Å². The summed E-state index contributed by atoms with van der Waals surface area (Å²) in [6, 6.07) is 7.85. The van der Waals surface area contributed by atoms with E-state index in [0.29, 0.717) is 6.42 Å². The maximum Gasteiger partial charge on any atom is 0.162 e. The predicted molar refractivity (Wildman–Crippen MR) is 62.1 cm³/mol. The zero-order valence-electron chi connectivity index (χ0n) is 8.75. The average molecular weight is 208 g/mol. The molecule has 0 heterocycles. The lowest BCUT2D eigenvalue weighted by Crippen LogP contribution is -1.97. The molecule has 1 aromatic carbocycles. The molecule has 0 spiro atoms. The van der Waals surface area contributed by atoms with Crippen LogP contribution in [0.1, 0.15) is 36.5 Å². The maximum absolute atomic E-state index is 11.6. The standard InChI is InChI=1S/C12H16OS/c1-3-4-5-12(13)10-6-8-11(14-2)9-7-10/h6-9H,3-5H2,1-2H3. The average Bonchev–Trinajstić information content (AvgIpc) is 2.26. The Labute approximate surface area is 89.9 Å². The molecule has 0 N–H and O–H groups in total. The van der Waals surface area contributed by atoms with Gasteiger partial charge >= 0.3 is 0 Å². The molecule has 1 nitrogen and oxygen atoms in total. The lowest BCUT2D eigenvalue weighted by Gasteiger charge is -2.01. The van der Waals surface area contributed by atoms with Gasteiger partial charge in [0.1, 0.15) is 0 Å². The number of carbonyl (C=O) groups excluding carboxylic acids is 1. The molecular weight excluding hydrogens is 192 g/mol. The van der Waals surface area contributed by atoms with Gasteiger partial charge in [0.2, 0.25) is 0 Å². The second-order valence-electron chi connectivity index (χ2n) is 3.26. The molecule has 0 aliphatic heterocycles. The van der Waals surface area contributed by atoms with Gasteiger partial charge in [0.25, 0.3) is 0 Å². The number of carbonyl (C=O) groups is 1. The van der Waals surface area contributed by atoms with Crippen molar-refractivity contribution < 1.29 is 4.79 Å². The molecule has 2 heteroatoms. The van der Waals surface area contributed by atoms with Crippen molar-refractivity contribution in [1.29, 1.82) is 0 Å². The highest BCUT2D eigenvalue weighted by molar-refractivity contribution is 7.98. The van der Waals surface area contributed by atoms with Crippen molar-refractivity contribution in [1.82, 2.24) is 0 Å². The Morgan fingerprint density at radius 3 is 2.43 bits per heavy atom. The minimum atomic E-state index is 0.263. The summed E-state index contributed by atoms with van der Waals surface area (Å²) in [7, 11) is 0. The first-order chi connectivity index (χ1) is 6.77. The van der Waals surface area contributed by atoms with Gasteiger partial charge < -0.3 is 0 Å². The van der Waals surface area contributed by atoms with Crippen molar-refractivity contribution in [3.8, 4) is 0 Å². The molecule has 0 amide bonds. The van der Waals surface area contributed by atoms with E-state index < -0.39 is 0 Å². The Balaban J connectivity index is 2.62. The van der Waals surface area contributed by atoms with Crippen LogP contribution in [0.4, 0.5) is 0 Å². The lowest BCUT2D eigenvalue weighted by atomic mass is 10.1. The zero-order valence-corrected chi connectivity index (χ0v) is 9.56. The van der Waals surface area contributed by atoms with Gasteiger partial charge in [0, 0.05) is 16.9 Å². The third-order valence-corrected chi connectivity index (χ3v) is 2.91. The van der Waals surface area contributed by atoms with Crippen LogP contribution >= 0.6 is 11.8 Å². The SMILES string of the molecule is CCCCC(=O)c1ccc(SC)cc1. The Hall–Kier alpha value is -0.760. The Morgan fingerprint density at radius 1 is 1.29 bits per heavy atom. The van der Waals surface area contributed by atoms with E-state index >= 15 is 0 Å². The number of hydrogen-bond donors (Lipinski definition) is 0. The summed E-state index contributed by atoms with van der Waals surface area (Å²) in [5.41, 5.74) is 0.844. The molecule has 0 aromatic heterocycles. The summed E-state index contributed by atoms with van der Waals surface area (Å²) >= 11 is 1.70. The summed E-state index contributed by atoms with van der Waals surface area (Å²) in [4.78, 5) is 12.8. The van der Waals surface area contributed by atoms with Crippen molar-refractivity contribution >= 4 is 17.5 Å². The molecule has 0 bridgehead atoms. The number of benzene rings is 1. The van der Waals surface area contributed by atoms with Gasteiger partial charge in [0.15, 0.2) is 5.78 Å². The van der Waals surface area contributed by atoms with Crippen LogP contribution in [-0.2, 0) is 0 Å². The van der Waals surface area contributed by atoms with E-state index in [4.69, 9.17) is 0 Å². The van der Waals surface area contributed by atoms with Crippen LogP contribution in [-0.4, -0.2) is 12.0 Å². The van der Waals surface area contributed by atoms with Crippen molar-refractivity contribution in [3.63, 3.8) is 0 Å². The van der Waals surface area contributed by atoms with Gasteiger partial charge in [-0.1, -0.05) is 25.5 Å². The Morgan fingerprint density at radius 2 is 1.93 bits per heavy atom. The molecular formula is C12H16OS. The summed E-state index contributed by atoms with van der Waals surface area (Å²) in [5.74, 6) is 0.263. The highest BCUT2D eigenvalue weighted by atomic mass is 32.2. The van der Waals surface area contributed by atoms with E-state index in [2.05, 4.69) is 6.92 Å². The van der Waals surface area contributed by atoms with Crippen LogP contribution in [0.2, 0.25) is 0 Å². The normalized spacial score (nSPS) is 10.1. The first kappa shape index (κ1) is 11.3. The van der Waals surface area contributed by atoms with E-state index in [1.165, 1.54) is 4.90 Å². The van der Waals surface area contributed by atoms with E-state index in [-0.39, 0.29) is 5.78 Å². The monoisotopic (exact) mass is 208 g/mol. The number of rotatable bonds is 5. The highest BCUT2D eigenvalue weighted by Gasteiger charge is 2.03. The first-order valence-corrected chi connectivity index (χ1v) is 6.17. The topological polar surface area (TPSA) is 17.1 Å². The van der Waals surface area contributed by atoms with Gasteiger partial charge in [-0.3, -0.25) is 4.79 Å². The summed E-state index contributed by atoms with van der Waals surface area (Å²) in [5, 5.41) is 0. The summed E-state index contributed by atoms with van der Waals surface area (Å²) in [6.45, 7) is 2.10.